The first-order valence-corrected chi connectivity index (χ1v) is 20.2. The van der Waals surface area contributed by atoms with Gasteiger partial charge in [-0.3, -0.25) is 4.79 Å². The fourth-order valence-electron chi connectivity index (χ4n) is 13.3. The average Bonchev–Trinajstić information content (AvgIpc) is 3.40. The third kappa shape index (κ3) is 5.69. The minimum Gasteiger partial charge on any atom is -0.337 e. The zero-order valence-corrected chi connectivity index (χ0v) is 31.0. The van der Waals surface area contributed by atoms with E-state index in [0.717, 1.165) is 37.0 Å². The second kappa shape index (κ2) is 12.4. The SMILES string of the molecule is CC(C)(CC=O)CC(=O)N1CCC2(C)[C@@H](CCC3(C)[C@@H]2CCC2[C@H]4CCCC4(NCCCN4CCSCC4)CC[C@]23C)C1(C)C. The number of carbonyl (C=O) groups excluding carboxylic acids is 2. The van der Waals surface area contributed by atoms with Gasteiger partial charge in [0.15, 0.2) is 0 Å². The van der Waals surface area contributed by atoms with Gasteiger partial charge in [0.1, 0.15) is 6.29 Å². The molecule has 1 N–H and O–H groups in total. The number of fused-ring (bicyclic) bond motifs is 7. The second-order valence-corrected chi connectivity index (χ2v) is 19.9. The van der Waals surface area contributed by atoms with Crippen molar-refractivity contribution in [3.63, 3.8) is 0 Å². The molecule has 0 bridgehead atoms. The fourth-order valence-corrected chi connectivity index (χ4v) is 14.3. The third-order valence-electron chi connectivity index (χ3n) is 15.8. The summed E-state index contributed by atoms with van der Waals surface area (Å²) in [5, 5.41) is 4.29. The Balaban J connectivity index is 1.16. The Hall–Kier alpha value is -0.590. The van der Waals surface area contributed by atoms with Crippen molar-refractivity contribution in [3.8, 4) is 0 Å². The van der Waals surface area contributed by atoms with E-state index in [4.69, 9.17) is 0 Å². The van der Waals surface area contributed by atoms with Gasteiger partial charge in [0.05, 0.1) is 0 Å². The van der Waals surface area contributed by atoms with Crippen molar-refractivity contribution in [1.82, 2.24) is 15.1 Å². The maximum atomic E-state index is 13.8. The lowest BCUT2D eigenvalue weighted by molar-refractivity contribution is -0.235. The maximum absolute atomic E-state index is 13.8. The molecule has 1 amide bonds. The smallest absolute Gasteiger partial charge is 0.223 e. The van der Waals surface area contributed by atoms with Gasteiger partial charge in [0, 0.05) is 55.1 Å². The number of likely N-dealkylation sites (tertiary alicyclic amines) is 1. The Morgan fingerprint density at radius 1 is 0.867 bits per heavy atom. The summed E-state index contributed by atoms with van der Waals surface area (Å²) in [7, 11) is 0. The standard InChI is InChI=1S/C39H67N3O2S/c1-34(2,19-25-43)28-33(44)42-22-18-36(5)31(35(42,3)4)13-15-38(7)32(36)12-11-29-30-10-8-14-39(30,17-16-37(29,38)6)40-20-9-21-41-23-26-45-27-24-41/h25,29-32,40H,8-24,26-28H2,1-7H3/t29?,30-,31+,32-,36?,37-,38?,39?/m1/s1. The van der Waals surface area contributed by atoms with Crippen molar-refractivity contribution >= 4 is 24.0 Å². The molecule has 0 radical (unpaired) electrons. The van der Waals surface area contributed by atoms with Gasteiger partial charge in [-0.15, -0.1) is 0 Å². The van der Waals surface area contributed by atoms with Crippen molar-refractivity contribution in [2.45, 2.75) is 143 Å². The molecule has 2 aliphatic heterocycles. The van der Waals surface area contributed by atoms with E-state index in [-0.39, 0.29) is 22.3 Å². The van der Waals surface area contributed by atoms with E-state index in [1.54, 1.807) is 0 Å². The van der Waals surface area contributed by atoms with Gasteiger partial charge in [0.2, 0.25) is 5.91 Å². The molecule has 256 valence electrons. The van der Waals surface area contributed by atoms with E-state index in [9.17, 15) is 9.59 Å². The summed E-state index contributed by atoms with van der Waals surface area (Å²) >= 11 is 2.12. The summed E-state index contributed by atoms with van der Waals surface area (Å²) in [6, 6.07) is 0. The molecule has 8 atom stereocenters. The third-order valence-corrected chi connectivity index (χ3v) is 16.8. The van der Waals surface area contributed by atoms with E-state index in [2.05, 4.69) is 75.3 Å². The monoisotopic (exact) mass is 641 g/mol. The van der Waals surface area contributed by atoms with Crippen LogP contribution in [-0.4, -0.2) is 77.3 Å². The van der Waals surface area contributed by atoms with Crippen LogP contribution < -0.4 is 5.32 Å². The topological polar surface area (TPSA) is 52.7 Å². The Kier molecular flexibility index (Phi) is 9.43. The molecule has 6 aliphatic rings. The van der Waals surface area contributed by atoms with Crippen molar-refractivity contribution < 1.29 is 9.59 Å². The molecule has 4 aliphatic carbocycles. The van der Waals surface area contributed by atoms with Gasteiger partial charge >= 0.3 is 0 Å². The number of hydrogen-bond donors (Lipinski definition) is 1. The van der Waals surface area contributed by atoms with E-state index >= 15 is 0 Å². The Labute approximate surface area is 280 Å². The van der Waals surface area contributed by atoms with E-state index in [0.29, 0.717) is 35.1 Å². The van der Waals surface area contributed by atoms with Crippen molar-refractivity contribution in [3.05, 3.63) is 0 Å². The van der Waals surface area contributed by atoms with Gasteiger partial charge in [-0.2, -0.15) is 11.8 Å². The maximum Gasteiger partial charge on any atom is 0.223 e. The largest absolute Gasteiger partial charge is 0.337 e. The number of hydrogen-bond acceptors (Lipinski definition) is 5. The minimum absolute atomic E-state index is 0.148. The number of amides is 1. The minimum atomic E-state index is -0.272. The normalized spacial score (nSPS) is 43.1. The number of carbonyl (C=O) groups is 2. The van der Waals surface area contributed by atoms with Crippen LogP contribution in [-0.2, 0) is 9.59 Å². The molecular formula is C39H67N3O2S. The number of piperidine rings is 1. The second-order valence-electron chi connectivity index (χ2n) is 18.7. The summed E-state index contributed by atoms with van der Waals surface area (Å²) in [6.45, 7) is 22.9. The van der Waals surface area contributed by atoms with Crippen molar-refractivity contribution in [2.75, 3.05) is 44.2 Å². The Bertz CT molecular complexity index is 1100. The summed E-state index contributed by atoms with van der Waals surface area (Å²) in [4.78, 5) is 30.0. The predicted molar refractivity (Wildman–Crippen MR) is 188 cm³/mol. The molecular weight excluding hydrogens is 575 g/mol. The summed E-state index contributed by atoms with van der Waals surface area (Å²) in [5.41, 5.74) is 1.02. The zero-order valence-electron chi connectivity index (χ0n) is 30.1. The average molecular weight is 642 g/mol. The molecule has 0 aromatic rings. The highest BCUT2D eigenvalue weighted by molar-refractivity contribution is 7.99. The summed E-state index contributed by atoms with van der Waals surface area (Å²) in [6.07, 6.45) is 16.7. The quantitative estimate of drug-likeness (QED) is 0.206. The number of nitrogens with zero attached hydrogens (tertiary/aromatic N) is 2. The Morgan fingerprint density at radius 2 is 1.62 bits per heavy atom. The fraction of sp³-hybridized carbons (Fsp3) is 0.949. The number of nitrogens with one attached hydrogen (secondary N) is 1. The van der Waals surface area contributed by atoms with Gasteiger partial charge in [-0.1, -0.05) is 41.0 Å². The van der Waals surface area contributed by atoms with Crippen LogP contribution in [0.15, 0.2) is 0 Å². The first kappa shape index (κ1) is 34.3. The van der Waals surface area contributed by atoms with Crippen LogP contribution in [0.25, 0.3) is 0 Å². The summed E-state index contributed by atoms with van der Waals surface area (Å²) < 4.78 is 0. The molecule has 2 heterocycles. The van der Waals surface area contributed by atoms with Crippen LogP contribution in [0, 0.1) is 45.3 Å². The number of rotatable bonds is 9. The van der Waals surface area contributed by atoms with E-state index in [1.807, 2.05) is 0 Å². The van der Waals surface area contributed by atoms with Crippen molar-refractivity contribution in [2.24, 2.45) is 45.3 Å². The lowest BCUT2D eigenvalue weighted by atomic mass is 9.34. The van der Waals surface area contributed by atoms with Crippen LogP contribution in [0.2, 0.25) is 0 Å². The lowest BCUT2D eigenvalue weighted by Crippen LogP contribution is -2.71. The molecule has 2 saturated heterocycles. The molecule has 4 unspecified atom stereocenters. The van der Waals surface area contributed by atoms with Crippen LogP contribution in [0.4, 0.5) is 0 Å². The van der Waals surface area contributed by atoms with Crippen molar-refractivity contribution in [1.29, 1.82) is 0 Å². The first-order chi connectivity index (χ1) is 21.2. The molecule has 6 rings (SSSR count). The molecule has 45 heavy (non-hydrogen) atoms. The molecule has 0 spiro atoms. The molecule has 6 fully saturated rings. The van der Waals surface area contributed by atoms with Crippen LogP contribution >= 0.6 is 11.8 Å². The molecule has 4 saturated carbocycles. The number of aldehydes is 1. The first-order valence-electron chi connectivity index (χ1n) is 19.0. The Morgan fingerprint density at radius 3 is 2.36 bits per heavy atom. The van der Waals surface area contributed by atoms with Crippen LogP contribution in [0.5, 0.6) is 0 Å². The lowest BCUT2D eigenvalue weighted by Gasteiger charge is -2.73. The highest BCUT2D eigenvalue weighted by Gasteiger charge is 2.70. The van der Waals surface area contributed by atoms with E-state index in [1.165, 1.54) is 102 Å². The van der Waals surface area contributed by atoms with Gasteiger partial charge in [-0.25, -0.2) is 0 Å². The highest BCUT2D eigenvalue weighted by Crippen LogP contribution is 2.75. The van der Waals surface area contributed by atoms with Gasteiger partial charge in [0.25, 0.3) is 0 Å². The van der Waals surface area contributed by atoms with Crippen LogP contribution in [0.3, 0.4) is 0 Å². The number of thioether (sulfide) groups is 1. The predicted octanol–water partition coefficient (Wildman–Crippen LogP) is 7.82. The van der Waals surface area contributed by atoms with E-state index < -0.39 is 0 Å². The molecule has 5 nitrogen and oxygen atoms in total. The molecule has 6 heteroatoms. The van der Waals surface area contributed by atoms with Gasteiger partial charge < -0.3 is 19.9 Å². The highest BCUT2D eigenvalue weighted by atomic mass is 32.2. The molecule has 0 aromatic carbocycles. The van der Waals surface area contributed by atoms with Crippen LogP contribution in [0.1, 0.15) is 132 Å². The summed E-state index contributed by atoms with van der Waals surface area (Å²) in [5.74, 6) is 5.84. The zero-order chi connectivity index (χ0) is 32.3. The van der Waals surface area contributed by atoms with Gasteiger partial charge in [-0.05, 0) is 136 Å². The molecule has 0 aromatic heterocycles.